The normalized spacial score (nSPS) is 14.8. The number of aryl methyl sites for hydroxylation is 1. The number of amides is 1. The molecule has 1 N–H and O–H groups in total. The summed E-state index contributed by atoms with van der Waals surface area (Å²) in [5.74, 6) is 0.913. The Balaban J connectivity index is 1.34. The molecule has 0 radical (unpaired) electrons. The maximum Gasteiger partial charge on any atom is 0.407 e. The van der Waals surface area contributed by atoms with Crippen molar-refractivity contribution in [1.29, 1.82) is 0 Å². The fourth-order valence-electron chi connectivity index (χ4n) is 3.38. The number of alkyl carbamates (subject to hydrolysis) is 1. The summed E-state index contributed by atoms with van der Waals surface area (Å²) < 4.78 is 11.4. The summed E-state index contributed by atoms with van der Waals surface area (Å²) in [7, 11) is 0. The van der Waals surface area contributed by atoms with Gasteiger partial charge < -0.3 is 14.8 Å². The van der Waals surface area contributed by atoms with Crippen LogP contribution in [-0.4, -0.2) is 18.7 Å². The second-order valence-corrected chi connectivity index (χ2v) is 7.05. The average molecular weight is 373 g/mol. The molecule has 1 aliphatic rings. The van der Waals surface area contributed by atoms with Gasteiger partial charge in [0.2, 0.25) is 0 Å². The third kappa shape index (κ3) is 4.17. The lowest BCUT2D eigenvalue weighted by Gasteiger charge is -2.14. The third-order valence-electron chi connectivity index (χ3n) is 4.88. The zero-order valence-corrected chi connectivity index (χ0v) is 15.9. The van der Waals surface area contributed by atoms with Crippen molar-refractivity contribution in [2.75, 3.05) is 6.54 Å². The fraction of sp³-hybridized carbons (Fsp3) is 0.208. The number of nitrogens with one attached hydrogen (secondary N) is 1. The van der Waals surface area contributed by atoms with E-state index in [9.17, 15) is 4.79 Å². The Hall–Kier alpha value is -3.27. The van der Waals surface area contributed by atoms with E-state index < -0.39 is 6.09 Å². The number of rotatable bonds is 5. The van der Waals surface area contributed by atoms with Gasteiger partial charge in [-0.2, -0.15) is 0 Å². The summed E-state index contributed by atoms with van der Waals surface area (Å²) >= 11 is 0. The van der Waals surface area contributed by atoms with Crippen LogP contribution in [0.1, 0.15) is 16.7 Å². The smallest absolute Gasteiger partial charge is 0.407 e. The van der Waals surface area contributed by atoms with Crippen LogP contribution in [-0.2, 0) is 17.8 Å². The molecule has 0 saturated carbocycles. The van der Waals surface area contributed by atoms with E-state index in [4.69, 9.17) is 9.47 Å². The van der Waals surface area contributed by atoms with E-state index in [1.807, 2.05) is 30.3 Å². The van der Waals surface area contributed by atoms with E-state index in [2.05, 4.69) is 54.7 Å². The Morgan fingerprint density at radius 2 is 1.82 bits per heavy atom. The highest BCUT2D eigenvalue weighted by Gasteiger charge is 2.26. The molecule has 1 unspecified atom stereocenters. The molecule has 3 aromatic carbocycles. The predicted molar refractivity (Wildman–Crippen MR) is 109 cm³/mol. The number of carbonyl (C=O) groups excluding carboxylic acids is 1. The van der Waals surface area contributed by atoms with Gasteiger partial charge in [0.1, 0.15) is 18.5 Å². The van der Waals surface area contributed by atoms with Crippen LogP contribution in [0.15, 0.2) is 72.8 Å². The Kier molecular flexibility index (Phi) is 5.29. The van der Waals surface area contributed by atoms with Crippen molar-refractivity contribution in [1.82, 2.24) is 5.32 Å². The molecule has 1 amide bonds. The number of benzene rings is 3. The van der Waals surface area contributed by atoms with E-state index in [0.717, 1.165) is 28.9 Å². The lowest BCUT2D eigenvalue weighted by Crippen LogP contribution is -2.34. The van der Waals surface area contributed by atoms with E-state index in [1.54, 1.807) is 0 Å². The van der Waals surface area contributed by atoms with Crippen LogP contribution in [0.5, 0.6) is 5.75 Å². The van der Waals surface area contributed by atoms with Crippen LogP contribution in [0.4, 0.5) is 4.79 Å². The van der Waals surface area contributed by atoms with Crippen molar-refractivity contribution in [3.8, 4) is 16.9 Å². The summed E-state index contributed by atoms with van der Waals surface area (Å²) in [5, 5.41) is 2.81. The Bertz CT molecular complexity index is 951. The number of ether oxygens (including phenoxy) is 2. The first-order valence-electron chi connectivity index (χ1n) is 9.49. The minimum atomic E-state index is -0.429. The Morgan fingerprint density at radius 1 is 1.04 bits per heavy atom. The molecule has 4 rings (SSSR count). The van der Waals surface area contributed by atoms with Crippen LogP contribution in [0, 0.1) is 6.92 Å². The summed E-state index contributed by atoms with van der Waals surface area (Å²) in [4.78, 5) is 12.0. The highest BCUT2D eigenvalue weighted by molar-refractivity contribution is 5.73. The number of carbonyl (C=O) groups is 1. The van der Waals surface area contributed by atoms with E-state index in [-0.39, 0.29) is 12.7 Å². The molecule has 4 nitrogen and oxygen atoms in total. The van der Waals surface area contributed by atoms with Gasteiger partial charge in [-0.1, -0.05) is 78.4 Å². The largest absolute Gasteiger partial charge is 0.487 e. The Labute approximate surface area is 165 Å². The standard InChI is InChI=1S/C24H23NO3/c1-17-10-12-19(13-11-17)22-9-5-8-20-14-21(28-23(20)22)15-25-24(26)27-16-18-6-3-2-4-7-18/h2-13,21H,14-16H2,1H3,(H,25,26). The van der Waals surface area contributed by atoms with Gasteiger partial charge in [-0.3, -0.25) is 0 Å². The predicted octanol–water partition coefficient (Wildman–Crippen LogP) is 4.89. The summed E-state index contributed by atoms with van der Waals surface area (Å²) in [6.07, 6.45) is 0.251. The zero-order valence-electron chi connectivity index (χ0n) is 15.9. The van der Waals surface area contributed by atoms with Crippen molar-refractivity contribution < 1.29 is 14.3 Å². The number of fused-ring (bicyclic) bond motifs is 1. The van der Waals surface area contributed by atoms with Gasteiger partial charge >= 0.3 is 6.09 Å². The first-order valence-corrected chi connectivity index (χ1v) is 9.49. The summed E-state index contributed by atoms with van der Waals surface area (Å²) in [5.41, 5.74) is 5.59. The molecule has 4 heteroatoms. The molecular formula is C24H23NO3. The van der Waals surface area contributed by atoms with Gasteiger partial charge in [0.15, 0.2) is 0 Å². The number of para-hydroxylation sites is 1. The highest BCUT2D eigenvalue weighted by atomic mass is 16.5. The number of hydrogen-bond donors (Lipinski definition) is 1. The van der Waals surface area contributed by atoms with Gasteiger partial charge in [-0.05, 0) is 23.6 Å². The minimum Gasteiger partial charge on any atom is -0.487 e. The minimum absolute atomic E-state index is 0.0918. The van der Waals surface area contributed by atoms with Gasteiger partial charge in [0.25, 0.3) is 0 Å². The molecule has 0 aromatic heterocycles. The van der Waals surface area contributed by atoms with Gasteiger partial charge in [-0.25, -0.2) is 4.79 Å². The molecule has 1 aliphatic heterocycles. The van der Waals surface area contributed by atoms with E-state index in [1.165, 1.54) is 11.1 Å². The monoisotopic (exact) mass is 373 g/mol. The van der Waals surface area contributed by atoms with E-state index >= 15 is 0 Å². The topological polar surface area (TPSA) is 47.6 Å². The van der Waals surface area contributed by atoms with Crippen molar-refractivity contribution >= 4 is 6.09 Å². The molecule has 1 heterocycles. The summed E-state index contributed by atoms with van der Waals surface area (Å²) in [6, 6.07) is 24.3. The molecule has 0 spiro atoms. The number of hydrogen-bond acceptors (Lipinski definition) is 3. The van der Waals surface area contributed by atoms with Gasteiger partial charge in [-0.15, -0.1) is 0 Å². The first kappa shape index (κ1) is 18.1. The van der Waals surface area contributed by atoms with Crippen LogP contribution in [0.25, 0.3) is 11.1 Å². The Morgan fingerprint density at radius 3 is 2.61 bits per heavy atom. The van der Waals surface area contributed by atoms with Crippen molar-refractivity contribution in [2.45, 2.75) is 26.1 Å². The molecule has 1 atom stereocenters. The highest BCUT2D eigenvalue weighted by Crippen LogP contribution is 2.38. The summed E-state index contributed by atoms with van der Waals surface area (Å²) in [6.45, 7) is 2.75. The molecule has 0 aliphatic carbocycles. The quantitative estimate of drug-likeness (QED) is 0.692. The average Bonchev–Trinajstić information content (AvgIpc) is 3.15. The maximum absolute atomic E-state index is 12.0. The molecule has 0 fully saturated rings. The van der Waals surface area contributed by atoms with Crippen LogP contribution in [0.2, 0.25) is 0 Å². The SMILES string of the molecule is Cc1ccc(-c2cccc3c2OC(CNC(=O)OCc2ccccc2)C3)cc1. The van der Waals surface area contributed by atoms with Gasteiger partial charge in [0, 0.05) is 12.0 Å². The molecule has 28 heavy (non-hydrogen) atoms. The lowest BCUT2D eigenvalue weighted by atomic mass is 10.00. The maximum atomic E-state index is 12.0. The lowest BCUT2D eigenvalue weighted by molar-refractivity contribution is 0.133. The van der Waals surface area contributed by atoms with Crippen LogP contribution < -0.4 is 10.1 Å². The zero-order chi connectivity index (χ0) is 19.3. The van der Waals surface area contributed by atoms with Crippen LogP contribution >= 0.6 is 0 Å². The first-order chi connectivity index (χ1) is 13.7. The molecular weight excluding hydrogens is 350 g/mol. The van der Waals surface area contributed by atoms with E-state index in [0.29, 0.717) is 6.54 Å². The van der Waals surface area contributed by atoms with Crippen LogP contribution in [0.3, 0.4) is 0 Å². The molecule has 0 saturated heterocycles. The third-order valence-corrected chi connectivity index (χ3v) is 4.88. The molecule has 3 aromatic rings. The molecule has 142 valence electrons. The second kappa shape index (κ2) is 8.17. The van der Waals surface area contributed by atoms with Crippen molar-refractivity contribution in [3.05, 3.63) is 89.5 Å². The van der Waals surface area contributed by atoms with Crippen molar-refractivity contribution in [2.24, 2.45) is 0 Å². The van der Waals surface area contributed by atoms with Gasteiger partial charge in [0.05, 0.1) is 6.54 Å². The van der Waals surface area contributed by atoms with Crippen molar-refractivity contribution in [3.63, 3.8) is 0 Å². The fourth-order valence-corrected chi connectivity index (χ4v) is 3.38. The molecule has 0 bridgehead atoms. The second-order valence-electron chi connectivity index (χ2n) is 7.05.